The van der Waals surface area contributed by atoms with E-state index in [-0.39, 0.29) is 17.8 Å². The van der Waals surface area contributed by atoms with Crippen LogP contribution in [-0.4, -0.2) is 30.0 Å². The molecule has 0 bridgehead atoms. The molecule has 1 heterocycles. The van der Waals surface area contributed by atoms with Crippen molar-refractivity contribution in [2.75, 3.05) is 19.0 Å². The van der Waals surface area contributed by atoms with Crippen LogP contribution in [0.15, 0.2) is 53.7 Å². The molecule has 3 rings (SSSR count). The molecule has 0 aromatic heterocycles. The van der Waals surface area contributed by atoms with Crippen molar-refractivity contribution >= 4 is 28.9 Å². The summed E-state index contributed by atoms with van der Waals surface area (Å²) in [4.78, 5) is 16.3. The molecule has 2 aromatic carbocycles. The highest BCUT2D eigenvalue weighted by Gasteiger charge is 2.35. The summed E-state index contributed by atoms with van der Waals surface area (Å²) in [7, 11) is 3.44. The molecule has 1 aliphatic rings. The fourth-order valence-corrected chi connectivity index (χ4v) is 3.75. The first-order chi connectivity index (χ1) is 13.2. The maximum Gasteiger partial charge on any atom is 0.253 e. The van der Waals surface area contributed by atoms with Gasteiger partial charge in [0.1, 0.15) is 5.82 Å². The smallest absolute Gasteiger partial charge is 0.253 e. The van der Waals surface area contributed by atoms with Crippen molar-refractivity contribution in [2.45, 2.75) is 26.8 Å². The molecular weight excluding hydrogens is 373 g/mol. The molecule has 0 saturated carbocycles. The van der Waals surface area contributed by atoms with E-state index in [1.807, 2.05) is 38.1 Å². The van der Waals surface area contributed by atoms with Crippen molar-refractivity contribution in [3.05, 3.63) is 76.2 Å². The second kappa shape index (κ2) is 7.72. The van der Waals surface area contributed by atoms with E-state index in [4.69, 9.17) is 12.2 Å². The lowest BCUT2D eigenvalue weighted by molar-refractivity contribution is -0.125. The molecule has 28 heavy (non-hydrogen) atoms. The quantitative estimate of drug-likeness (QED) is 0.786. The van der Waals surface area contributed by atoms with E-state index >= 15 is 0 Å². The van der Waals surface area contributed by atoms with Crippen LogP contribution in [0.5, 0.6) is 0 Å². The third-order valence-corrected chi connectivity index (χ3v) is 5.21. The lowest BCUT2D eigenvalue weighted by Gasteiger charge is -2.38. The average Bonchev–Trinajstić information content (AvgIpc) is 2.63. The van der Waals surface area contributed by atoms with E-state index < -0.39 is 0 Å². The second-order valence-electron chi connectivity index (χ2n) is 7.26. The molecular formula is C22H24FN3OS. The van der Waals surface area contributed by atoms with Crippen LogP contribution in [0.1, 0.15) is 29.7 Å². The van der Waals surface area contributed by atoms with Crippen LogP contribution in [0.4, 0.5) is 10.1 Å². The van der Waals surface area contributed by atoms with Crippen molar-refractivity contribution in [3.63, 3.8) is 0 Å². The zero-order chi connectivity index (χ0) is 20.6. The van der Waals surface area contributed by atoms with Crippen molar-refractivity contribution in [1.29, 1.82) is 0 Å². The van der Waals surface area contributed by atoms with Crippen LogP contribution in [0.3, 0.4) is 0 Å². The lowest BCUT2D eigenvalue weighted by atomic mass is 9.93. The van der Waals surface area contributed by atoms with Gasteiger partial charge in [-0.15, -0.1) is 0 Å². The summed E-state index contributed by atoms with van der Waals surface area (Å²) < 4.78 is 14.2. The Hall–Kier alpha value is -2.73. The summed E-state index contributed by atoms with van der Waals surface area (Å²) >= 11 is 5.61. The number of hydrogen-bond acceptors (Lipinski definition) is 2. The number of amides is 1. The summed E-state index contributed by atoms with van der Waals surface area (Å²) in [6.07, 6.45) is 0. The molecule has 1 N–H and O–H groups in total. The summed E-state index contributed by atoms with van der Waals surface area (Å²) in [6.45, 7) is 5.57. The van der Waals surface area contributed by atoms with Crippen molar-refractivity contribution in [2.24, 2.45) is 0 Å². The topological polar surface area (TPSA) is 35.6 Å². The monoisotopic (exact) mass is 397 g/mol. The van der Waals surface area contributed by atoms with Gasteiger partial charge in [0, 0.05) is 19.8 Å². The van der Waals surface area contributed by atoms with Gasteiger partial charge >= 0.3 is 0 Å². The molecule has 0 aliphatic carbocycles. The molecule has 1 aliphatic heterocycles. The normalized spacial score (nSPS) is 16.9. The van der Waals surface area contributed by atoms with Crippen LogP contribution >= 0.6 is 12.2 Å². The molecule has 0 saturated heterocycles. The third-order valence-electron chi connectivity index (χ3n) is 4.91. The van der Waals surface area contributed by atoms with Crippen LogP contribution in [-0.2, 0) is 4.79 Å². The molecule has 1 amide bonds. The zero-order valence-corrected chi connectivity index (χ0v) is 17.5. The third kappa shape index (κ3) is 3.64. The van der Waals surface area contributed by atoms with Crippen LogP contribution in [0, 0.1) is 19.7 Å². The number of halogens is 1. The summed E-state index contributed by atoms with van der Waals surface area (Å²) in [5.41, 5.74) is 4.49. The number of aryl methyl sites for hydroxylation is 2. The summed E-state index contributed by atoms with van der Waals surface area (Å²) in [5, 5.41) is 3.72. The van der Waals surface area contributed by atoms with Gasteiger partial charge in [-0.1, -0.05) is 35.9 Å². The minimum atomic E-state index is -0.367. The first-order valence-corrected chi connectivity index (χ1v) is 9.47. The van der Waals surface area contributed by atoms with Crippen LogP contribution in [0.2, 0.25) is 0 Å². The number of nitrogens with one attached hydrogen (secondary N) is 1. The number of thiocarbonyl (C=S) groups is 1. The standard InChI is InChI=1S/C22H24FN3OS/c1-13-7-6-8-16(11-13)20-19(21(27)25(4)5)15(3)26(22(28)24-20)17-10-9-14(2)18(23)12-17/h6-12,20H,1-5H3,(H,24,28). The molecule has 0 radical (unpaired) electrons. The highest BCUT2D eigenvalue weighted by Crippen LogP contribution is 2.35. The number of allylic oxidation sites excluding steroid dienone is 1. The molecule has 1 atom stereocenters. The van der Waals surface area contributed by atoms with Gasteiger partial charge in [0.05, 0.1) is 17.3 Å². The van der Waals surface area contributed by atoms with E-state index in [0.717, 1.165) is 11.1 Å². The number of likely N-dealkylation sites (N-methyl/N-ethyl adjacent to an activating group) is 1. The van der Waals surface area contributed by atoms with Gasteiger partial charge in [-0.25, -0.2) is 4.39 Å². The number of carbonyl (C=O) groups excluding carboxylic acids is 1. The Morgan fingerprint density at radius 3 is 2.46 bits per heavy atom. The number of hydrogen-bond donors (Lipinski definition) is 1. The molecule has 1 unspecified atom stereocenters. The molecule has 146 valence electrons. The second-order valence-corrected chi connectivity index (χ2v) is 7.65. The van der Waals surface area contributed by atoms with E-state index in [9.17, 15) is 9.18 Å². The van der Waals surface area contributed by atoms with Crippen molar-refractivity contribution in [1.82, 2.24) is 10.2 Å². The van der Waals surface area contributed by atoms with Gasteiger partial charge in [-0.3, -0.25) is 9.69 Å². The number of anilines is 1. The van der Waals surface area contributed by atoms with Crippen molar-refractivity contribution in [3.8, 4) is 0 Å². The fraction of sp³-hybridized carbons (Fsp3) is 0.273. The fourth-order valence-electron chi connectivity index (χ4n) is 3.39. The number of benzene rings is 2. The molecule has 2 aromatic rings. The highest BCUT2D eigenvalue weighted by molar-refractivity contribution is 7.80. The zero-order valence-electron chi connectivity index (χ0n) is 16.7. The van der Waals surface area contributed by atoms with E-state index in [0.29, 0.717) is 27.6 Å². The molecule has 6 heteroatoms. The number of carbonyl (C=O) groups is 1. The lowest BCUT2D eigenvalue weighted by Crippen LogP contribution is -2.49. The summed E-state index contributed by atoms with van der Waals surface area (Å²) in [5.74, 6) is -0.425. The Morgan fingerprint density at radius 2 is 1.86 bits per heavy atom. The van der Waals surface area contributed by atoms with Crippen LogP contribution in [0.25, 0.3) is 0 Å². The Morgan fingerprint density at radius 1 is 1.14 bits per heavy atom. The predicted molar refractivity (Wildman–Crippen MR) is 115 cm³/mol. The maximum absolute atomic E-state index is 14.2. The van der Waals surface area contributed by atoms with E-state index in [2.05, 4.69) is 5.32 Å². The largest absolute Gasteiger partial charge is 0.351 e. The van der Waals surface area contributed by atoms with Gasteiger partial charge in [0.2, 0.25) is 0 Å². The Labute approximate surface area is 170 Å². The van der Waals surface area contributed by atoms with Gasteiger partial charge in [-0.05, 0) is 56.2 Å². The van der Waals surface area contributed by atoms with Gasteiger partial charge in [-0.2, -0.15) is 0 Å². The highest BCUT2D eigenvalue weighted by atomic mass is 32.1. The molecule has 0 fully saturated rings. The van der Waals surface area contributed by atoms with E-state index in [1.54, 1.807) is 43.0 Å². The number of nitrogens with zero attached hydrogens (tertiary/aromatic N) is 2. The van der Waals surface area contributed by atoms with Crippen LogP contribution < -0.4 is 10.2 Å². The predicted octanol–water partition coefficient (Wildman–Crippen LogP) is 4.24. The van der Waals surface area contributed by atoms with Crippen molar-refractivity contribution < 1.29 is 9.18 Å². The Bertz CT molecular complexity index is 983. The van der Waals surface area contributed by atoms with Gasteiger partial charge < -0.3 is 10.2 Å². The summed E-state index contributed by atoms with van der Waals surface area (Å²) in [6, 6.07) is 12.6. The minimum absolute atomic E-state index is 0.114. The Balaban J connectivity index is 2.18. The Kier molecular flexibility index (Phi) is 5.52. The van der Waals surface area contributed by atoms with Gasteiger partial charge in [0.15, 0.2) is 5.11 Å². The van der Waals surface area contributed by atoms with E-state index in [1.165, 1.54) is 6.07 Å². The SMILES string of the molecule is CC1=C(C(=O)N(C)C)C(c2cccc(C)c2)NC(=S)N1c1ccc(C)c(F)c1. The number of rotatable bonds is 3. The average molecular weight is 398 g/mol. The first-order valence-electron chi connectivity index (χ1n) is 9.06. The van der Waals surface area contributed by atoms with Gasteiger partial charge in [0.25, 0.3) is 5.91 Å². The molecule has 4 nitrogen and oxygen atoms in total. The maximum atomic E-state index is 14.2. The first kappa shape index (κ1) is 20.0. The molecule has 0 spiro atoms. The minimum Gasteiger partial charge on any atom is -0.351 e.